The number of ether oxygens (including phenoxy) is 1. The van der Waals surface area contributed by atoms with E-state index >= 15 is 0 Å². The van der Waals surface area contributed by atoms with E-state index < -0.39 is 0 Å². The number of benzene rings is 2. The summed E-state index contributed by atoms with van der Waals surface area (Å²) in [6, 6.07) is 18.9. The highest BCUT2D eigenvalue weighted by Gasteiger charge is 2.40. The standard InChI is InChI=1S/C31H36N4O2/c1-31(2)18-24(21-34(31)29(36)16-23-8-4-3-5-9-23)20-33-14-13-26-17-25(11-12-28(26)33)27-19-32-35(22-27)30-10-6-7-15-37-30/h3-5,8-9,11-14,17,19,22,24,30H,6-7,10,15-16,18,20-21H2,1-2H3. The molecule has 2 aliphatic heterocycles. The van der Waals surface area contributed by atoms with Gasteiger partial charge in [0.05, 0.1) is 12.6 Å². The van der Waals surface area contributed by atoms with Crippen LogP contribution in [-0.2, 0) is 22.5 Å². The Morgan fingerprint density at radius 3 is 2.76 bits per heavy atom. The van der Waals surface area contributed by atoms with Crippen molar-refractivity contribution < 1.29 is 9.53 Å². The molecule has 6 rings (SSSR count). The predicted octanol–water partition coefficient (Wildman–Crippen LogP) is 6.07. The average molecular weight is 497 g/mol. The number of fused-ring (bicyclic) bond motifs is 1. The lowest BCUT2D eigenvalue weighted by Gasteiger charge is -2.31. The van der Waals surface area contributed by atoms with Crippen molar-refractivity contribution >= 4 is 16.8 Å². The highest BCUT2D eigenvalue weighted by atomic mass is 16.5. The molecule has 6 nitrogen and oxygen atoms in total. The topological polar surface area (TPSA) is 52.3 Å². The van der Waals surface area contributed by atoms with Gasteiger partial charge >= 0.3 is 0 Å². The number of amides is 1. The smallest absolute Gasteiger partial charge is 0.227 e. The van der Waals surface area contributed by atoms with Crippen LogP contribution in [0.3, 0.4) is 0 Å². The van der Waals surface area contributed by atoms with Gasteiger partial charge < -0.3 is 14.2 Å². The van der Waals surface area contributed by atoms with Gasteiger partial charge in [-0.2, -0.15) is 5.10 Å². The summed E-state index contributed by atoms with van der Waals surface area (Å²) in [7, 11) is 0. The van der Waals surface area contributed by atoms with E-state index in [1.54, 1.807) is 0 Å². The Morgan fingerprint density at radius 2 is 1.95 bits per heavy atom. The number of rotatable bonds is 6. The summed E-state index contributed by atoms with van der Waals surface area (Å²) in [5.74, 6) is 0.651. The van der Waals surface area contributed by atoms with Gasteiger partial charge in [-0.25, -0.2) is 4.68 Å². The lowest BCUT2D eigenvalue weighted by Crippen LogP contribution is -2.43. The minimum Gasteiger partial charge on any atom is -0.357 e. The van der Waals surface area contributed by atoms with Crippen molar-refractivity contribution in [3.63, 3.8) is 0 Å². The summed E-state index contributed by atoms with van der Waals surface area (Å²) >= 11 is 0. The Balaban J connectivity index is 1.15. The van der Waals surface area contributed by atoms with Gasteiger partial charge in [0.25, 0.3) is 0 Å². The Hall–Kier alpha value is -3.38. The summed E-state index contributed by atoms with van der Waals surface area (Å²) in [6.07, 6.45) is 11.1. The third kappa shape index (κ3) is 4.95. The molecule has 2 atom stereocenters. The molecule has 0 radical (unpaired) electrons. The largest absolute Gasteiger partial charge is 0.357 e. The van der Waals surface area contributed by atoms with Crippen LogP contribution in [0.4, 0.5) is 0 Å². The lowest BCUT2D eigenvalue weighted by atomic mass is 9.96. The van der Waals surface area contributed by atoms with Crippen molar-refractivity contribution in [1.82, 2.24) is 19.2 Å². The van der Waals surface area contributed by atoms with Gasteiger partial charge in [-0.05, 0) is 74.8 Å². The number of carbonyl (C=O) groups excluding carboxylic acids is 1. The molecule has 0 spiro atoms. The Kier molecular flexibility index (Phi) is 6.37. The molecule has 0 saturated carbocycles. The fourth-order valence-electron chi connectivity index (χ4n) is 6.21. The van der Waals surface area contributed by atoms with E-state index in [1.807, 2.05) is 41.2 Å². The molecular formula is C31H36N4O2. The fourth-order valence-corrected chi connectivity index (χ4v) is 6.21. The van der Waals surface area contributed by atoms with Crippen LogP contribution in [0.25, 0.3) is 22.0 Å². The van der Waals surface area contributed by atoms with Crippen molar-refractivity contribution in [3.8, 4) is 11.1 Å². The van der Waals surface area contributed by atoms with Crippen LogP contribution in [0.5, 0.6) is 0 Å². The van der Waals surface area contributed by atoms with E-state index in [1.165, 1.54) is 22.9 Å². The molecule has 2 aliphatic rings. The van der Waals surface area contributed by atoms with Crippen LogP contribution >= 0.6 is 0 Å². The van der Waals surface area contributed by atoms with Crippen LogP contribution in [-0.4, -0.2) is 43.8 Å². The third-order valence-electron chi connectivity index (χ3n) is 8.07. The number of aromatic nitrogens is 3. The second-order valence-corrected chi connectivity index (χ2v) is 11.3. The predicted molar refractivity (Wildman–Crippen MR) is 146 cm³/mol. The van der Waals surface area contributed by atoms with E-state index in [9.17, 15) is 4.79 Å². The minimum absolute atomic E-state index is 0.0575. The number of hydrogen-bond donors (Lipinski definition) is 0. The fraction of sp³-hybridized carbons (Fsp3) is 0.419. The molecule has 4 aromatic rings. The van der Waals surface area contributed by atoms with E-state index in [-0.39, 0.29) is 17.7 Å². The average Bonchev–Trinajstić information content (AvgIpc) is 3.62. The van der Waals surface area contributed by atoms with Gasteiger partial charge in [-0.15, -0.1) is 0 Å². The van der Waals surface area contributed by atoms with Crippen molar-refractivity contribution in [2.24, 2.45) is 5.92 Å². The van der Waals surface area contributed by atoms with Gasteiger partial charge in [0.15, 0.2) is 0 Å². The molecule has 0 bridgehead atoms. The highest BCUT2D eigenvalue weighted by Crippen LogP contribution is 2.35. The second kappa shape index (κ2) is 9.82. The maximum atomic E-state index is 13.2. The number of likely N-dealkylation sites (tertiary alicyclic amines) is 1. The number of carbonyl (C=O) groups is 1. The van der Waals surface area contributed by atoms with Gasteiger partial charge in [0.1, 0.15) is 6.23 Å². The Labute approximate surface area is 218 Å². The summed E-state index contributed by atoms with van der Waals surface area (Å²) < 4.78 is 10.2. The molecule has 2 saturated heterocycles. The number of hydrogen-bond acceptors (Lipinski definition) is 3. The molecular weight excluding hydrogens is 460 g/mol. The van der Waals surface area contributed by atoms with Crippen LogP contribution in [0, 0.1) is 5.92 Å². The number of nitrogens with zero attached hydrogens (tertiary/aromatic N) is 4. The summed E-state index contributed by atoms with van der Waals surface area (Å²) in [5, 5.41) is 5.82. The Morgan fingerprint density at radius 1 is 1.08 bits per heavy atom. The maximum Gasteiger partial charge on any atom is 0.227 e. The second-order valence-electron chi connectivity index (χ2n) is 11.3. The zero-order chi connectivity index (χ0) is 25.4. The quantitative estimate of drug-likeness (QED) is 0.325. The molecule has 2 fully saturated rings. The van der Waals surface area contributed by atoms with Crippen molar-refractivity contribution in [3.05, 3.63) is 78.8 Å². The monoisotopic (exact) mass is 496 g/mol. The van der Waals surface area contributed by atoms with E-state index in [2.05, 4.69) is 65.1 Å². The van der Waals surface area contributed by atoms with Crippen LogP contribution in [0.2, 0.25) is 0 Å². The highest BCUT2D eigenvalue weighted by molar-refractivity contribution is 5.85. The van der Waals surface area contributed by atoms with Crippen molar-refractivity contribution in [2.75, 3.05) is 13.2 Å². The van der Waals surface area contributed by atoms with E-state index in [4.69, 9.17) is 4.74 Å². The first-order valence-electron chi connectivity index (χ1n) is 13.6. The normalized spacial score (nSPS) is 21.5. The summed E-state index contributed by atoms with van der Waals surface area (Å²) in [4.78, 5) is 15.3. The van der Waals surface area contributed by atoms with Gasteiger partial charge in [-0.3, -0.25) is 4.79 Å². The van der Waals surface area contributed by atoms with Crippen LogP contribution in [0.15, 0.2) is 73.2 Å². The summed E-state index contributed by atoms with van der Waals surface area (Å²) in [5.41, 5.74) is 4.48. The lowest BCUT2D eigenvalue weighted by molar-refractivity contribution is -0.133. The third-order valence-corrected chi connectivity index (χ3v) is 8.07. The van der Waals surface area contributed by atoms with Gasteiger partial charge in [0, 0.05) is 54.1 Å². The van der Waals surface area contributed by atoms with Crippen LogP contribution < -0.4 is 0 Å². The summed E-state index contributed by atoms with van der Waals surface area (Å²) in [6.45, 7) is 6.94. The first-order valence-corrected chi connectivity index (χ1v) is 13.6. The van der Waals surface area contributed by atoms with Gasteiger partial charge in [0.2, 0.25) is 5.91 Å². The maximum absolute atomic E-state index is 13.2. The molecule has 37 heavy (non-hydrogen) atoms. The first kappa shape index (κ1) is 24.0. The molecule has 0 aliphatic carbocycles. The molecule has 2 unspecified atom stereocenters. The molecule has 0 N–H and O–H groups in total. The first-order chi connectivity index (χ1) is 18.0. The molecule has 2 aromatic heterocycles. The Bertz CT molecular complexity index is 1380. The minimum atomic E-state index is -0.130. The zero-order valence-electron chi connectivity index (χ0n) is 21.8. The van der Waals surface area contributed by atoms with E-state index in [0.717, 1.165) is 50.1 Å². The van der Waals surface area contributed by atoms with Gasteiger partial charge in [-0.1, -0.05) is 36.4 Å². The molecule has 6 heteroatoms. The molecule has 1 amide bonds. The molecule has 2 aromatic carbocycles. The van der Waals surface area contributed by atoms with Crippen LogP contribution in [0.1, 0.15) is 51.3 Å². The van der Waals surface area contributed by atoms with E-state index in [0.29, 0.717) is 12.3 Å². The molecule has 192 valence electrons. The zero-order valence-corrected chi connectivity index (χ0v) is 21.8. The van der Waals surface area contributed by atoms with Crippen molar-refractivity contribution in [1.29, 1.82) is 0 Å². The van der Waals surface area contributed by atoms with Crippen molar-refractivity contribution in [2.45, 2.75) is 64.3 Å². The molecule has 4 heterocycles. The SMILES string of the molecule is CC1(C)CC(Cn2ccc3cc(-c4cnn(C5CCCCO5)c4)ccc32)CN1C(=O)Cc1ccccc1.